The first-order valence-corrected chi connectivity index (χ1v) is 9.99. The molecule has 148 valence electrons. The highest BCUT2D eigenvalue weighted by molar-refractivity contribution is 14.0. The Labute approximate surface area is 183 Å². The molecule has 1 aliphatic rings. The van der Waals surface area contributed by atoms with E-state index in [1.807, 2.05) is 23.5 Å². The molecule has 1 fully saturated rings. The van der Waals surface area contributed by atoms with Gasteiger partial charge in [-0.25, -0.2) is 4.99 Å². The van der Waals surface area contributed by atoms with Crippen LogP contribution in [-0.4, -0.2) is 38.7 Å². The SMILES string of the molecule is CCNC(=NCc1ccc(C)s1)NC1CCN(c2ccccc2OC)C1.I. The van der Waals surface area contributed by atoms with Crippen molar-refractivity contribution in [3.05, 3.63) is 46.2 Å². The molecule has 2 N–H and O–H groups in total. The van der Waals surface area contributed by atoms with Crippen LogP contribution in [-0.2, 0) is 6.54 Å². The van der Waals surface area contributed by atoms with Crippen LogP contribution in [0.1, 0.15) is 23.1 Å². The minimum Gasteiger partial charge on any atom is -0.495 e. The monoisotopic (exact) mass is 500 g/mol. The zero-order valence-electron chi connectivity index (χ0n) is 16.2. The third-order valence-corrected chi connectivity index (χ3v) is 5.47. The Hall–Kier alpha value is -1.48. The van der Waals surface area contributed by atoms with E-state index in [4.69, 9.17) is 9.73 Å². The largest absolute Gasteiger partial charge is 0.495 e. The summed E-state index contributed by atoms with van der Waals surface area (Å²) in [6.07, 6.45) is 1.08. The standard InChI is InChI=1S/C20H28N4OS.HI/c1-4-21-20(22-13-17-10-9-15(2)26-17)23-16-11-12-24(14-16)18-7-5-6-8-19(18)25-3;/h5-10,16H,4,11-14H2,1-3H3,(H2,21,22,23);1H. The van der Waals surface area contributed by atoms with Crippen molar-refractivity contribution in [3.63, 3.8) is 0 Å². The fourth-order valence-electron chi connectivity index (χ4n) is 3.23. The molecule has 1 atom stereocenters. The lowest BCUT2D eigenvalue weighted by atomic mass is 10.2. The highest BCUT2D eigenvalue weighted by Crippen LogP contribution is 2.30. The van der Waals surface area contributed by atoms with Crippen LogP contribution in [0.2, 0.25) is 0 Å². The molecule has 5 nitrogen and oxygen atoms in total. The van der Waals surface area contributed by atoms with Crippen molar-refractivity contribution in [3.8, 4) is 5.75 Å². The zero-order chi connectivity index (χ0) is 18.4. The van der Waals surface area contributed by atoms with Gasteiger partial charge >= 0.3 is 0 Å². The van der Waals surface area contributed by atoms with E-state index in [-0.39, 0.29) is 24.0 Å². The molecule has 27 heavy (non-hydrogen) atoms. The number of benzene rings is 1. The first kappa shape index (κ1) is 21.8. The van der Waals surface area contributed by atoms with Gasteiger partial charge in [0.25, 0.3) is 0 Å². The smallest absolute Gasteiger partial charge is 0.191 e. The molecular weight excluding hydrogens is 471 g/mol. The number of thiophene rings is 1. The van der Waals surface area contributed by atoms with Crippen LogP contribution in [0.15, 0.2) is 41.4 Å². The third kappa shape index (κ3) is 6.00. The normalized spacial score (nSPS) is 16.8. The fraction of sp³-hybridized carbons (Fsp3) is 0.450. The van der Waals surface area contributed by atoms with E-state index in [1.54, 1.807) is 7.11 Å². The molecule has 1 saturated heterocycles. The van der Waals surface area contributed by atoms with Gasteiger partial charge in [-0.3, -0.25) is 0 Å². The predicted molar refractivity (Wildman–Crippen MR) is 126 cm³/mol. The summed E-state index contributed by atoms with van der Waals surface area (Å²) in [5.74, 6) is 1.83. The average Bonchev–Trinajstić information content (AvgIpc) is 3.29. The highest BCUT2D eigenvalue weighted by atomic mass is 127. The summed E-state index contributed by atoms with van der Waals surface area (Å²) in [7, 11) is 1.73. The highest BCUT2D eigenvalue weighted by Gasteiger charge is 2.25. The number of hydrogen-bond donors (Lipinski definition) is 2. The van der Waals surface area contributed by atoms with Gasteiger partial charge in [0.2, 0.25) is 0 Å². The minimum absolute atomic E-state index is 0. The summed E-state index contributed by atoms with van der Waals surface area (Å²) >= 11 is 1.81. The van der Waals surface area contributed by atoms with Crippen LogP contribution >= 0.6 is 35.3 Å². The summed E-state index contributed by atoms with van der Waals surface area (Å²) in [5, 5.41) is 6.96. The number of rotatable bonds is 6. The molecule has 3 rings (SSSR count). The van der Waals surface area contributed by atoms with Crippen LogP contribution in [0.4, 0.5) is 5.69 Å². The van der Waals surface area contributed by atoms with Crippen molar-refractivity contribution >= 4 is 47.0 Å². The maximum absolute atomic E-state index is 5.51. The molecule has 0 bridgehead atoms. The first-order chi connectivity index (χ1) is 12.7. The molecule has 1 aliphatic heterocycles. The van der Waals surface area contributed by atoms with Gasteiger partial charge in [-0.15, -0.1) is 35.3 Å². The van der Waals surface area contributed by atoms with Crippen LogP contribution in [0.25, 0.3) is 0 Å². The number of aryl methyl sites for hydroxylation is 1. The van der Waals surface area contributed by atoms with Gasteiger partial charge < -0.3 is 20.3 Å². The number of methoxy groups -OCH3 is 1. The zero-order valence-corrected chi connectivity index (χ0v) is 19.3. The maximum atomic E-state index is 5.51. The van der Waals surface area contributed by atoms with Crippen molar-refractivity contribution in [2.45, 2.75) is 32.9 Å². The van der Waals surface area contributed by atoms with Gasteiger partial charge in [0.15, 0.2) is 5.96 Å². The van der Waals surface area contributed by atoms with Gasteiger partial charge in [0.1, 0.15) is 5.75 Å². The summed E-state index contributed by atoms with van der Waals surface area (Å²) in [6.45, 7) is 7.77. The lowest BCUT2D eigenvalue weighted by Crippen LogP contribution is -2.44. The number of hydrogen-bond acceptors (Lipinski definition) is 4. The number of guanidine groups is 1. The molecule has 0 saturated carbocycles. The van der Waals surface area contributed by atoms with E-state index in [0.29, 0.717) is 6.04 Å². The molecule has 0 aliphatic carbocycles. The van der Waals surface area contributed by atoms with Gasteiger partial charge in [0, 0.05) is 35.4 Å². The van der Waals surface area contributed by atoms with Gasteiger partial charge in [-0.2, -0.15) is 0 Å². The minimum atomic E-state index is 0. The fourth-order valence-corrected chi connectivity index (χ4v) is 4.04. The molecule has 2 heterocycles. The molecule has 7 heteroatoms. The number of ether oxygens (including phenoxy) is 1. The van der Waals surface area contributed by atoms with Crippen LogP contribution in [0, 0.1) is 6.92 Å². The number of nitrogens with zero attached hydrogens (tertiary/aromatic N) is 2. The molecule has 0 radical (unpaired) electrons. The van der Waals surface area contributed by atoms with Gasteiger partial charge in [0.05, 0.1) is 19.3 Å². The second-order valence-electron chi connectivity index (χ2n) is 6.46. The van der Waals surface area contributed by atoms with Crippen LogP contribution in [0.5, 0.6) is 5.75 Å². The molecule has 1 aromatic heterocycles. The topological polar surface area (TPSA) is 48.9 Å². The van der Waals surface area contributed by atoms with Gasteiger partial charge in [-0.1, -0.05) is 12.1 Å². The molecule has 1 unspecified atom stereocenters. The maximum Gasteiger partial charge on any atom is 0.191 e. The molecule has 0 amide bonds. The number of nitrogens with one attached hydrogen (secondary N) is 2. The Balaban J connectivity index is 0.00000261. The van der Waals surface area contributed by atoms with E-state index in [0.717, 1.165) is 50.0 Å². The average molecular weight is 500 g/mol. The Kier molecular flexibility index (Phi) is 8.69. The Morgan fingerprint density at radius 2 is 2.11 bits per heavy atom. The number of aliphatic imine (C=N–C) groups is 1. The summed E-state index contributed by atoms with van der Waals surface area (Å²) in [6, 6.07) is 12.9. The number of halogens is 1. The Morgan fingerprint density at radius 3 is 2.81 bits per heavy atom. The van der Waals surface area contributed by atoms with E-state index in [9.17, 15) is 0 Å². The Morgan fingerprint density at radius 1 is 1.30 bits per heavy atom. The second kappa shape index (κ2) is 10.8. The first-order valence-electron chi connectivity index (χ1n) is 9.17. The molecule has 1 aromatic carbocycles. The lowest BCUT2D eigenvalue weighted by molar-refractivity contribution is 0.415. The van der Waals surface area contributed by atoms with E-state index < -0.39 is 0 Å². The van der Waals surface area contributed by atoms with Crippen molar-refractivity contribution < 1.29 is 4.74 Å². The van der Waals surface area contributed by atoms with Crippen LogP contribution in [0.3, 0.4) is 0 Å². The summed E-state index contributed by atoms with van der Waals surface area (Å²) in [4.78, 5) is 9.75. The van der Waals surface area contributed by atoms with E-state index in [2.05, 4.69) is 53.6 Å². The van der Waals surface area contributed by atoms with E-state index in [1.165, 1.54) is 9.75 Å². The van der Waals surface area contributed by atoms with Crippen LogP contribution < -0.4 is 20.3 Å². The van der Waals surface area contributed by atoms with Gasteiger partial charge in [-0.05, 0) is 44.5 Å². The lowest BCUT2D eigenvalue weighted by Gasteiger charge is -2.22. The second-order valence-corrected chi connectivity index (χ2v) is 7.83. The summed E-state index contributed by atoms with van der Waals surface area (Å²) < 4.78 is 5.51. The number of anilines is 1. The quantitative estimate of drug-likeness (QED) is 0.358. The Bertz CT molecular complexity index is 749. The number of para-hydroxylation sites is 2. The van der Waals surface area contributed by atoms with Crippen molar-refractivity contribution in [1.29, 1.82) is 0 Å². The van der Waals surface area contributed by atoms with Crippen molar-refractivity contribution in [2.24, 2.45) is 4.99 Å². The van der Waals surface area contributed by atoms with Crippen molar-refractivity contribution in [1.82, 2.24) is 10.6 Å². The molecule has 0 spiro atoms. The van der Waals surface area contributed by atoms with Crippen molar-refractivity contribution in [2.75, 3.05) is 31.6 Å². The van der Waals surface area contributed by atoms with E-state index >= 15 is 0 Å². The third-order valence-electron chi connectivity index (χ3n) is 4.49. The summed E-state index contributed by atoms with van der Waals surface area (Å²) in [5.41, 5.74) is 1.16. The predicted octanol–water partition coefficient (Wildman–Crippen LogP) is 4.02. The molecular formula is C20H29IN4OS. The molecule has 2 aromatic rings.